The zero-order chi connectivity index (χ0) is 18.8. The highest BCUT2D eigenvalue weighted by molar-refractivity contribution is 6.35. The number of allylic oxidation sites excluding steroid dienone is 1. The molecule has 138 valence electrons. The molecule has 1 aromatic rings. The van der Waals surface area contributed by atoms with Gasteiger partial charge in [-0.05, 0) is 43.0 Å². The largest absolute Gasteiger partial charge is 0.509 e. The van der Waals surface area contributed by atoms with Gasteiger partial charge in [0.15, 0.2) is 0 Å². The van der Waals surface area contributed by atoms with Gasteiger partial charge in [-0.1, -0.05) is 55.1 Å². The van der Waals surface area contributed by atoms with Gasteiger partial charge in [0.2, 0.25) is 0 Å². The summed E-state index contributed by atoms with van der Waals surface area (Å²) in [5.41, 5.74) is 1.03. The monoisotopic (exact) mass is 386 g/mol. The number of aliphatic hydroxyl groups excluding tert-OH is 2. The lowest BCUT2D eigenvalue weighted by Gasteiger charge is -2.11. The molecule has 1 rings (SSSR count). The van der Waals surface area contributed by atoms with Gasteiger partial charge in [0.25, 0.3) is 0 Å². The van der Waals surface area contributed by atoms with Crippen molar-refractivity contribution in [3.05, 3.63) is 57.8 Å². The Hall–Kier alpha value is -1.49. The minimum absolute atomic E-state index is 0.00467. The maximum absolute atomic E-state index is 11.0. The minimum atomic E-state index is -1.16. The standard InChI is InChI=1S/C19H24Cl2O4/c1-13(22)10-15(19(24)25)11-17(23)7-5-3-2-4-6-14-8-9-16(20)12-18(14)21/h8-10,12,17,22-23H,1-7,11H2,(H,24,25)/b15-10+. The van der Waals surface area contributed by atoms with Crippen molar-refractivity contribution < 1.29 is 20.1 Å². The molecule has 0 radical (unpaired) electrons. The number of unbranched alkanes of at least 4 members (excludes halogenated alkanes) is 3. The first kappa shape index (κ1) is 21.6. The molecule has 0 aliphatic carbocycles. The van der Waals surface area contributed by atoms with E-state index in [2.05, 4.69) is 6.58 Å². The number of aliphatic hydroxyl groups is 2. The first-order valence-electron chi connectivity index (χ1n) is 8.23. The number of aryl methyl sites for hydroxylation is 1. The van der Waals surface area contributed by atoms with Gasteiger partial charge in [0, 0.05) is 22.0 Å². The van der Waals surface area contributed by atoms with E-state index in [1.54, 1.807) is 6.07 Å². The average molecular weight is 387 g/mol. The van der Waals surface area contributed by atoms with Gasteiger partial charge in [0.05, 0.1) is 6.10 Å². The molecule has 0 bridgehead atoms. The van der Waals surface area contributed by atoms with Gasteiger partial charge in [-0.2, -0.15) is 0 Å². The van der Waals surface area contributed by atoms with Crippen LogP contribution in [-0.4, -0.2) is 27.4 Å². The van der Waals surface area contributed by atoms with E-state index in [4.69, 9.17) is 33.4 Å². The van der Waals surface area contributed by atoms with Crippen LogP contribution in [0, 0.1) is 0 Å². The highest BCUT2D eigenvalue weighted by Crippen LogP contribution is 2.23. The number of benzene rings is 1. The van der Waals surface area contributed by atoms with Gasteiger partial charge >= 0.3 is 5.97 Å². The van der Waals surface area contributed by atoms with Crippen molar-refractivity contribution >= 4 is 29.2 Å². The molecule has 1 atom stereocenters. The molecule has 1 aromatic carbocycles. The summed E-state index contributed by atoms with van der Waals surface area (Å²) >= 11 is 12.0. The van der Waals surface area contributed by atoms with Crippen LogP contribution in [-0.2, 0) is 11.2 Å². The molecule has 0 aromatic heterocycles. The topological polar surface area (TPSA) is 77.8 Å². The van der Waals surface area contributed by atoms with Crippen molar-refractivity contribution in [2.24, 2.45) is 0 Å². The van der Waals surface area contributed by atoms with Gasteiger partial charge in [-0.15, -0.1) is 0 Å². The fourth-order valence-electron chi connectivity index (χ4n) is 2.54. The molecule has 0 heterocycles. The molecule has 4 nitrogen and oxygen atoms in total. The van der Waals surface area contributed by atoms with Crippen LogP contribution in [0.1, 0.15) is 44.1 Å². The molecule has 0 fully saturated rings. The Morgan fingerprint density at radius 3 is 2.44 bits per heavy atom. The van der Waals surface area contributed by atoms with E-state index < -0.39 is 12.1 Å². The van der Waals surface area contributed by atoms with Crippen molar-refractivity contribution in [1.82, 2.24) is 0 Å². The van der Waals surface area contributed by atoms with E-state index in [1.807, 2.05) is 12.1 Å². The predicted molar refractivity (Wildman–Crippen MR) is 101 cm³/mol. The number of carboxylic acids is 1. The summed E-state index contributed by atoms with van der Waals surface area (Å²) in [5, 5.41) is 29.3. The van der Waals surface area contributed by atoms with Gasteiger partial charge < -0.3 is 15.3 Å². The maximum Gasteiger partial charge on any atom is 0.331 e. The van der Waals surface area contributed by atoms with E-state index in [9.17, 15) is 9.90 Å². The summed E-state index contributed by atoms with van der Waals surface area (Å²) in [6.07, 6.45) is 5.46. The van der Waals surface area contributed by atoms with E-state index in [1.165, 1.54) is 0 Å². The fraction of sp³-hybridized carbons (Fsp3) is 0.421. The van der Waals surface area contributed by atoms with E-state index in [-0.39, 0.29) is 17.8 Å². The first-order valence-corrected chi connectivity index (χ1v) is 8.99. The summed E-state index contributed by atoms with van der Waals surface area (Å²) in [6.45, 7) is 3.23. The molecule has 0 amide bonds. The lowest BCUT2D eigenvalue weighted by molar-refractivity contribution is -0.133. The van der Waals surface area contributed by atoms with Crippen LogP contribution in [0.15, 0.2) is 42.2 Å². The smallest absolute Gasteiger partial charge is 0.331 e. The Morgan fingerprint density at radius 1 is 1.16 bits per heavy atom. The Bertz CT molecular complexity index is 626. The highest BCUT2D eigenvalue weighted by atomic mass is 35.5. The second-order valence-corrected chi connectivity index (χ2v) is 6.86. The zero-order valence-electron chi connectivity index (χ0n) is 14.0. The number of carbonyl (C=O) groups is 1. The van der Waals surface area contributed by atoms with Gasteiger partial charge in [-0.25, -0.2) is 4.79 Å². The second-order valence-electron chi connectivity index (χ2n) is 6.01. The van der Waals surface area contributed by atoms with Crippen molar-refractivity contribution in [3.63, 3.8) is 0 Å². The molecule has 0 saturated heterocycles. The lowest BCUT2D eigenvalue weighted by Crippen LogP contribution is -2.12. The average Bonchev–Trinajstić information content (AvgIpc) is 2.51. The normalized spacial score (nSPS) is 12.8. The van der Waals surface area contributed by atoms with Crippen LogP contribution in [0.2, 0.25) is 10.0 Å². The summed E-state index contributed by atoms with van der Waals surface area (Å²) in [4.78, 5) is 11.0. The molecule has 0 saturated carbocycles. The van der Waals surface area contributed by atoms with Crippen molar-refractivity contribution in [2.75, 3.05) is 0 Å². The number of hydrogen-bond acceptors (Lipinski definition) is 3. The molecule has 3 N–H and O–H groups in total. The number of hydrogen-bond donors (Lipinski definition) is 3. The quantitative estimate of drug-likeness (QED) is 0.208. The Morgan fingerprint density at radius 2 is 1.84 bits per heavy atom. The van der Waals surface area contributed by atoms with E-state index >= 15 is 0 Å². The third-order valence-electron chi connectivity index (χ3n) is 3.82. The lowest BCUT2D eigenvalue weighted by atomic mass is 10.0. The minimum Gasteiger partial charge on any atom is -0.509 e. The summed E-state index contributed by atoms with van der Waals surface area (Å²) in [5.74, 6) is -1.49. The zero-order valence-corrected chi connectivity index (χ0v) is 15.6. The first-order chi connectivity index (χ1) is 11.8. The maximum atomic E-state index is 11.0. The van der Waals surface area contributed by atoms with Crippen LogP contribution in [0.3, 0.4) is 0 Å². The van der Waals surface area contributed by atoms with E-state index in [0.29, 0.717) is 16.5 Å². The Kier molecular flexibility index (Phi) is 9.65. The SMILES string of the molecule is C=C(O)/C=C(\CC(O)CCCCCCc1ccc(Cl)cc1Cl)C(=O)O. The number of carboxylic acid groups (broad SMARTS) is 1. The molecule has 6 heteroatoms. The van der Waals surface area contributed by atoms with Gasteiger partial charge in [0.1, 0.15) is 5.76 Å². The van der Waals surface area contributed by atoms with E-state index in [0.717, 1.165) is 43.7 Å². The van der Waals surface area contributed by atoms with Crippen LogP contribution in [0.4, 0.5) is 0 Å². The highest BCUT2D eigenvalue weighted by Gasteiger charge is 2.13. The third-order valence-corrected chi connectivity index (χ3v) is 4.41. The molecule has 0 aliphatic heterocycles. The van der Waals surface area contributed by atoms with Crippen molar-refractivity contribution in [2.45, 2.75) is 51.0 Å². The molecule has 25 heavy (non-hydrogen) atoms. The Labute approximate surface area is 158 Å². The molecular formula is C19H24Cl2O4. The van der Waals surface area contributed by atoms with Crippen molar-refractivity contribution in [1.29, 1.82) is 0 Å². The van der Waals surface area contributed by atoms with Crippen LogP contribution >= 0.6 is 23.2 Å². The summed E-state index contributed by atoms with van der Waals surface area (Å²) in [7, 11) is 0. The molecular weight excluding hydrogens is 363 g/mol. The molecule has 0 spiro atoms. The fourth-order valence-corrected chi connectivity index (χ4v) is 3.04. The molecule has 1 unspecified atom stereocenters. The third kappa shape index (κ3) is 8.96. The number of rotatable bonds is 11. The van der Waals surface area contributed by atoms with Crippen LogP contribution < -0.4 is 0 Å². The van der Waals surface area contributed by atoms with Crippen LogP contribution in [0.25, 0.3) is 0 Å². The van der Waals surface area contributed by atoms with Gasteiger partial charge in [-0.3, -0.25) is 0 Å². The second kappa shape index (κ2) is 11.2. The number of halogens is 2. The van der Waals surface area contributed by atoms with Crippen molar-refractivity contribution in [3.8, 4) is 0 Å². The Balaban J connectivity index is 2.24. The summed E-state index contributed by atoms with van der Waals surface area (Å²) < 4.78 is 0. The summed E-state index contributed by atoms with van der Waals surface area (Å²) in [6, 6.07) is 5.50. The molecule has 0 aliphatic rings. The number of aliphatic carboxylic acids is 1. The van der Waals surface area contributed by atoms with Crippen LogP contribution in [0.5, 0.6) is 0 Å². The predicted octanol–water partition coefficient (Wildman–Crippen LogP) is 5.32.